The van der Waals surface area contributed by atoms with Crippen LogP contribution in [0.3, 0.4) is 0 Å². The molecular formula is C35H37N2O4Tl. The first-order chi connectivity index (χ1) is 20.2. The Bertz CT molecular complexity index is 1520. The Morgan fingerprint density at radius 2 is 1.45 bits per heavy atom. The summed E-state index contributed by atoms with van der Waals surface area (Å²) < 4.78 is 19.8. The third-order valence-corrected chi connectivity index (χ3v) is 9.19. The van der Waals surface area contributed by atoms with Gasteiger partial charge in [0.1, 0.15) is 0 Å². The number of ether oxygens (including phenoxy) is 3. The molecule has 1 heterocycles. The zero-order chi connectivity index (χ0) is 29.7. The van der Waals surface area contributed by atoms with Crippen molar-refractivity contribution in [3.05, 3.63) is 119 Å². The fraction of sp³-hybridized carbons (Fsp3) is 0.286. The molecule has 1 atom stereocenters. The second-order valence-corrected chi connectivity index (χ2v) is 14.1. The van der Waals surface area contributed by atoms with E-state index in [2.05, 4.69) is 36.4 Å². The van der Waals surface area contributed by atoms with Crippen molar-refractivity contribution in [1.82, 2.24) is 4.90 Å². The average molecular weight is 754 g/mol. The molecule has 1 aliphatic heterocycles. The summed E-state index contributed by atoms with van der Waals surface area (Å²) in [5.41, 5.74) is 11.9. The second kappa shape index (κ2) is 13.2. The van der Waals surface area contributed by atoms with Gasteiger partial charge in [-0.05, 0) is 0 Å². The predicted molar refractivity (Wildman–Crippen MR) is 167 cm³/mol. The number of benzene rings is 4. The molecule has 214 valence electrons. The zero-order valence-corrected chi connectivity index (χ0v) is 29.0. The number of hydrogen-bond donors (Lipinski definition) is 1. The summed E-state index contributed by atoms with van der Waals surface area (Å²) in [6, 6.07) is 30.4. The van der Waals surface area contributed by atoms with Crippen molar-refractivity contribution < 1.29 is 19.0 Å². The first-order valence-corrected chi connectivity index (χ1v) is 16.5. The zero-order valence-electron chi connectivity index (χ0n) is 24.5. The van der Waals surface area contributed by atoms with E-state index >= 15 is 0 Å². The molecule has 1 unspecified atom stereocenters. The summed E-state index contributed by atoms with van der Waals surface area (Å²) in [6.45, 7) is 7.10. The Hall–Kier alpha value is -3.53. The maximum atomic E-state index is 13.5. The van der Waals surface area contributed by atoms with Crippen molar-refractivity contribution in [2.24, 2.45) is 0 Å². The van der Waals surface area contributed by atoms with Crippen molar-refractivity contribution >= 4 is 40.7 Å². The Morgan fingerprint density at radius 1 is 0.857 bits per heavy atom. The van der Waals surface area contributed by atoms with E-state index in [4.69, 9.17) is 19.9 Å². The van der Waals surface area contributed by atoms with Gasteiger partial charge in [0.25, 0.3) is 0 Å². The number of nitrogen functional groups attached to an aromatic ring is 1. The summed E-state index contributed by atoms with van der Waals surface area (Å²) in [5.74, 6) is 1.36. The molecule has 5 rings (SSSR count). The monoisotopic (exact) mass is 754 g/mol. The molecule has 0 aliphatic carbocycles. The van der Waals surface area contributed by atoms with Gasteiger partial charge in [-0.3, -0.25) is 0 Å². The van der Waals surface area contributed by atoms with E-state index in [1.54, 1.807) is 0 Å². The van der Waals surface area contributed by atoms with Gasteiger partial charge >= 0.3 is 217 Å². The summed E-state index contributed by atoms with van der Waals surface area (Å²) in [4.78, 5) is 15.4. The van der Waals surface area contributed by atoms with Crippen LogP contribution in [0.4, 0.5) is 10.5 Å². The van der Waals surface area contributed by atoms with E-state index in [-0.39, 0.29) is 12.1 Å². The van der Waals surface area contributed by atoms with Gasteiger partial charge in [-0.2, -0.15) is 0 Å². The van der Waals surface area contributed by atoms with Gasteiger partial charge in [0.15, 0.2) is 0 Å². The minimum absolute atomic E-state index is 0.223. The van der Waals surface area contributed by atoms with E-state index in [0.29, 0.717) is 69.9 Å². The Morgan fingerprint density at radius 3 is 2.02 bits per heavy atom. The molecule has 0 saturated heterocycles. The van der Waals surface area contributed by atoms with Crippen LogP contribution in [0.5, 0.6) is 11.5 Å². The van der Waals surface area contributed by atoms with Crippen LogP contribution in [-0.2, 0) is 30.8 Å². The van der Waals surface area contributed by atoms with E-state index in [1.165, 1.54) is 3.12 Å². The third kappa shape index (κ3) is 7.65. The fourth-order valence-electron chi connectivity index (χ4n) is 5.14. The van der Waals surface area contributed by atoms with Gasteiger partial charge in [0.2, 0.25) is 0 Å². The van der Waals surface area contributed by atoms with Gasteiger partial charge in [-0.1, -0.05) is 48.5 Å². The van der Waals surface area contributed by atoms with Crippen LogP contribution in [0.15, 0.2) is 91.0 Å². The molecule has 42 heavy (non-hydrogen) atoms. The van der Waals surface area contributed by atoms with Crippen LogP contribution in [0.25, 0.3) is 0 Å². The number of anilines is 1. The standard InChI is InChI=1S/C35H37N2O4.Tl/c1-35(2,3)41-34(38)37-19-18-28-21-32(39-23-26-10-6-4-7-11-26)33(40-24-27-12-8-5-9-13-27)22-30(28)31(37)20-25-14-16-29(36)17-15-25;/h4-16,21-22,31H,18-20,23-24,36H2,1-3H3;. The summed E-state index contributed by atoms with van der Waals surface area (Å²) in [5, 5.41) is 0. The minimum atomic E-state index is -0.592. The summed E-state index contributed by atoms with van der Waals surface area (Å²) in [7, 11) is 0. The van der Waals surface area contributed by atoms with Crippen LogP contribution in [-0.4, -0.2) is 48.9 Å². The van der Waals surface area contributed by atoms with Gasteiger partial charge in [0, 0.05) is 0 Å². The van der Waals surface area contributed by atoms with Crippen molar-refractivity contribution in [3.63, 3.8) is 0 Å². The number of hydrogen-bond acceptors (Lipinski definition) is 5. The van der Waals surface area contributed by atoms with E-state index < -0.39 is 5.60 Å². The number of amides is 1. The molecule has 6 nitrogen and oxygen atoms in total. The number of carbonyl (C=O) groups excluding carboxylic acids is 1. The van der Waals surface area contributed by atoms with Crippen LogP contribution in [0.2, 0.25) is 0 Å². The molecule has 1 aliphatic rings. The normalized spacial score (nSPS) is 14.6. The molecule has 0 spiro atoms. The quantitative estimate of drug-likeness (QED) is 0.169. The molecule has 0 saturated carbocycles. The number of nitrogens with zero attached hydrogens (tertiary/aromatic N) is 1. The topological polar surface area (TPSA) is 74.0 Å². The number of nitrogens with two attached hydrogens (primary N) is 1. The molecule has 7 heteroatoms. The Labute approximate surface area is 264 Å². The van der Waals surface area contributed by atoms with E-state index in [0.717, 1.165) is 33.5 Å². The van der Waals surface area contributed by atoms with E-state index in [9.17, 15) is 4.79 Å². The summed E-state index contributed by atoms with van der Waals surface area (Å²) >= 11 is 0.623. The average Bonchev–Trinajstić information content (AvgIpc) is 2.97. The van der Waals surface area contributed by atoms with Crippen molar-refractivity contribution in [3.8, 4) is 11.5 Å². The molecule has 0 radical (unpaired) electrons. The second-order valence-electron chi connectivity index (χ2n) is 11.7. The molecule has 1 amide bonds. The Kier molecular flexibility index (Phi) is 9.41. The Balaban J connectivity index is 1.52. The molecule has 0 aromatic heterocycles. The van der Waals surface area contributed by atoms with Gasteiger partial charge in [-0.15, -0.1) is 0 Å². The van der Waals surface area contributed by atoms with Gasteiger partial charge in [-0.25, -0.2) is 0 Å². The molecule has 2 N–H and O–H groups in total. The SMILES string of the molecule is CC(C)(C)OC(=O)N1CCc2cc(OCc3ccccc3)c(OCc3ccccc3)cc2C1Cc1ccc(N)[c]([Tl])c1. The molecule has 4 aromatic rings. The molecule has 0 bridgehead atoms. The number of carbonyl (C=O) groups is 1. The van der Waals surface area contributed by atoms with Crippen LogP contribution < -0.4 is 18.3 Å². The van der Waals surface area contributed by atoms with Crippen molar-refractivity contribution in [2.75, 3.05) is 12.3 Å². The van der Waals surface area contributed by atoms with Crippen molar-refractivity contribution in [2.45, 2.75) is 58.5 Å². The summed E-state index contributed by atoms with van der Waals surface area (Å²) in [6.07, 6.45) is 1.03. The van der Waals surface area contributed by atoms with Crippen LogP contribution in [0, 0.1) is 0 Å². The molecular weight excluding hydrogens is 717 g/mol. The van der Waals surface area contributed by atoms with Crippen molar-refractivity contribution in [1.29, 1.82) is 0 Å². The first-order valence-electron chi connectivity index (χ1n) is 14.3. The molecule has 4 aromatic carbocycles. The predicted octanol–water partition coefficient (Wildman–Crippen LogP) is 6.30. The fourth-order valence-corrected chi connectivity index (χ4v) is 6.35. The van der Waals surface area contributed by atoms with Gasteiger partial charge in [0.05, 0.1) is 0 Å². The van der Waals surface area contributed by atoms with Crippen LogP contribution in [0.1, 0.15) is 54.6 Å². The maximum absolute atomic E-state index is 13.5. The first kappa shape index (κ1) is 29.9. The van der Waals surface area contributed by atoms with Crippen LogP contribution >= 0.6 is 0 Å². The third-order valence-electron chi connectivity index (χ3n) is 7.25. The van der Waals surface area contributed by atoms with E-state index in [1.807, 2.05) is 80.3 Å². The number of rotatable bonds is 8. The number of fused-ring (bicyclic) bond motifs is 1. The molecule has 0 fully saturated rings. The van der Waals surface area contributed by atoms with Gasteiger partial charge < -0.3 is 0 Å².